The molecular weight excluding hydrogens is 258 g/mol. The van der Waals surface area contributed by atoms with Crippen molar-refractivity contribution in [1.29, 1.82) is 0 Å². The normalized spacial score (nSPS) is 11.6. The summed E-state index contributed by atoms with van der Waals surface area (Å²) in [6, 6.07) is 14.0. The molecule has 0 N–H and O–H groups in total. The third-order valence-corrected chi connectivity index (χ3v) is 3.01. The van der Waals surface area contributed by atoms with E-state index in [9.17, 15) is 0 Å². The summed E-state index contributed by atoms with van der Waals surface area (Å²) in [6.07, 6.45) is 7.49. The fourth-order valence-electron chi connectivity index (χ4n) is 2.12. The first-order valence-corrected chi connectivity index (χ1v) is 6.82. The second-order valence-electron chi connectivity index (χ2n) is 4.45. The molecular formula is C18H19N3. The number of aromatic nitrogens is 1. The highest BCUT2D eigenvalue weighted by Gasteiger charge is 2.16. The van der Waals surface area contributed by atoms with E-state index in [1.54, 1.807) is 13.2 Å². The van der Waals surface area contributed by atoms with E-state index in [0.717, 1.165) is 22.8 Å². The largest absolute Gasteiger partial charge is 0.294 e. The summed E-state index contributed by atoms with van der Waals surface area (Å²) in [7, 11) is 1.79. The molecule has 0 saturated carbocycles. The number of nitrogens with zero attached hydrogens (tertiary/aromatic N) is 3. The van der Waals surface area contributed by atoms with Crippen LogP contribution in [0.3, 0.4) is 0 Å². The van der Waals surface area contributed by atoms with Gasteiger partial charge in [0, 0.05) is 24.5 Å². The van der Waals surface area contributed by atoms with Crippen molar-refractivity contribution < 1.29 is 0 Å². The van der Waals surface area contributed by atoms with E-state index in [4.69, 9.17) is 0 Å². The summed E-state index contributed by atoms with van der Waals surface area (Å²) in [6.45, 7) is 6.12. The van der Waals surface area contributed by atoms with Gasteiger partial charge in [-0.3, -0.25) is 14.9 Å². The molecule has 0 aliphatic heterocycles. The Morgan fingerprint density at radius 3 is 2.52 bits per heavy atom. The third kappa shape index (κ3) is 3.45. The van der Waals surface area contributed by atoms with E-state index < -0.39 is 0 Å². The highest BCUT2D eigenvalue weighted by atomic mass is 15.2. The average molecular weight is 277 g/mol. The van der Waals surface area contributed by atoms with Crippen LogP contribution in [0.25, 0.3) is 0 Å². The maximum Gasteiger partial charge on any atom is 0.139 e. The van der Waals surface area contributed by atoms with Crippen LogP contribution in [0.4, 0.5) is 5.69 Å². The van der Waals surface area contributed by atoms with Gasteiger partial charge in [0.05, 0.1) is 11.9 Å². The van der Waals surface area contributed by atoms with Crippen LogP contribution in [0.5, 0.6) is 0 Å². The lowest BCUT2D eigenvalue weighted by atomic mass is 10.1. The lowest BCUT2D eigenvalue weighted by Crippen LogP contribution is -2.30. The minimum atomic E-state index is 0.840. The molecule has 0 fully saturated rings. The lowest BCUT2D eigenvalue weighted by molar-refractivity contribution is 1.20. The van der Waals surface area contributed by atoms with Crippen LogP contribution in [-0.4, -0.2) is 17.9 Å². The van der Waals surface area contributed by atoms with E-state index >= 15 is 0 Å². The number of anilines is 1. The maximum atomic E-state index is 4.46. The quantitative estimate of drug-likeness (QED) is 0.479. The highest BCUT2D eigenvalue weighted by molar-refractivity contribution is 6.12. The minimum absolute atomic E-state index is 0.840. The van der Waals surface area contributed by atoms with E-state index in [1.165, 1.54) is 0 Å². The van der Waals surface area contributed by atoms with Crippen molar-refractivity contribution in [2.75, 3.05) is 11.9 Å². The summed E-state index contributed by atoms with van der Waals surface area (Å²) in [5.41, 5.74) is 2.81. The SMILES string of the molecule is C=C(/C=C/C)N(C(=NC)c1ccccc1)c1cccnc1. The minimum Gasteiger partial charge on any atom is -0.294 e. The van der Waals surface area contributed by atoms with Crippen molar-refractivity contribution >= 4 is 11.5 Å². The Balaban J connectivity index is 2.51. The molecule has 3 nitrogen and oxygen atoms in total. The van der Waals surface area contributed by atoms with Gasteiger partial charge in [0.15, 0.2) is 0 Å². The van der Waals surface area contributed by atoms with Crippen LogP contribution in [0, 0.1) is 0 Å². The molecule has 106 valence electrons. The molecule has 0 amide bonds. The van der Waals surface area contributed by atoms with E-state index in [-0.39, 0.29) is 0 Å². The Bertz CT molecular complexity index is 643. The molecule has 1 aromatic carbocycles. The summed E-state index contributed by atoms with van der Waals surface area (Å²) in [4.78, 5) is 10.7. The smallest absolute Gasteiger partial charge is 0.139 e. The number of pyridine rings is 1. The Labute approximate surface area is 126 Å². The standard InChI is InChI=1S/C18H19N3/c1-4-9-15(2)21(17-12-8-13-20-14-17)18(19-3)16-10-6-5-7-11-16/h4-14H,2H2,1,3H3/b9-4+,19-18?. The molecule has 3 heteroatoms. The van der Waals surface area contributed by atoms with Gasteiger partial charge in [-0.25, -0.2) is 0 Å². The predicted octanol–water partition coefficient (Wildman–Crippen LogP) is 4.05. The number of amidine groups is 1. The van der Waals surface area contributed by atoms with Crippen LogP contribution >= 0.6 is 0 Å². The van der Waals surface area contributed by atoms with Gasteiger partial charge in [-0.15, -0.1) is 0 Å². The average Bonchev–Trinajstić information content (AvgIpc) is 2.54. The van der Waals surface area contributed by atoms with Gasteiger partial charge in [0.2, 0.25) is 0 Å². The molecule has 2 rings (SSSR count). The lowest BCUT2D eigenvalue weighted by Gasteiger charge is -2.26. The molecule has 0 radical (unpaired) electrons. The Hall–Kier alpha value is -2.68. The molecule has 0 atom stereocenters. The van der Waals surface area contributed by atoms with E-state index in [1.807, 2.05) is 72.6 Å². The molecule has 0 spiro atoms. The zero-order valence-corrected chi connectivity index (χ0v) is 12.4. The first kappa shape index (κ1) is 14.7. The van der Waals surface area contributed by atoms with Crippen molar-refractivity contribution in [2.24, 2.45) is 4.99 Å². The second-order valence-corrected chi connectivity index (χ2v) is 4.45. The fourth-order valence-corrected chi connectivity index (χ4v) is 2.12. The van der Waals surface area contributed by atoms with Crippen molar-refractivity contribution in [3.8, 4) is 0 Å². The van der Waals surface area contributed by atoms with Crippen LogP contribution in [-0.2, 0) is 0 Å². The van der Waals surface area contributed by atoms with Crippen molar-refractivity contribution in [1.82, 2.24) is 4.98 Å². The van der Waals surface area contributed by atoms with Gasteiger partial charge in [0.1, 0.15) is 5.84 Å². The van der Waals surface area contributed by atoms with Gasteiger partial charge in [-0.1, -0.05) is 43.0 Å². The van der Waals surface area contributed by atoms with Gasteiger partial charge < -0.3 is 0 Å². The summed E-state index contributed by atoms with van der Waals surface area (Å²) in [5, 5.41) is 0. The van der Waals surface area contributed by atoms with E-state index in [2.05, 4.69) is 16.6 Å². The molecule has 0 aliphatic carbocycles. The van der Waals surface area contributed by atoms with Gasteiger partial charge in [-0.05, 0) is 25.1 Å². The monoisotopic (exact) mass is 277 g/mol. The van der Waals surface area contributed by atoms with Crippen LogP contribution in [0.15, 0.2) is 84.3 Å². The summed E-state index contributed by atoms with van der Waals surface area (Å²) >= 11 is 0. The number of allylic oxidation sites excluding steroid dienone is 2. The molecule has 0 unspecified atom stereocenters. The van der Waals surface area contributed by atoms with Crippen molar-refractivity contribution in [3.05, 3.63) is 84.8 Å². The Morgan fingerprint density at radius 1 is 1.19 bits per heavy atom. The first-order chi connectivity index (χ1) is 10.3. The molecule has 2 aromatic rings. The fraction of sp³-hybridized carbons (Fsp3) is 0.111. The first-order valence-electron chi connectivity index (χ1n) is 6.82. The molecule has 0 saturated heterocycles. The zero-order valence-electron chi connectivity index (χ0n) is 12.4. The van der Waals surface area contributed by atoms with Crippen LogP contribution in [0.1, 0.15) is 12.5 Å². The highest BCUT2D eigenvalue weighted by Crippen LogP contribution is 2.21. The zero-order chi connectivity index (χ0) is 15.1. The Kier molecular flexibility index (Phi) is 5.04. The number of hydrogen-bond donors (Lipinski definition) is 0. The maximum absolute atomic E-state index is 4.46. The number of benzene rings is 1. The summed E-state index contributed by atoms with van der Waals surface area (Å²) < 4.78 is 0. The van der Waals surface area contributed by atoms with Crippen molar-refractivity contribution in [3.63, 3.8) is 0 Å². The third-order valence-electron chi connectivity index (χ3n) is 3.01. The van der Waals surface area contributed by atoms with Crippen molar-refractivity contribution in [2.45, 2.75) is 6.92 Å². The number of rotatable bonds is 4. The van der Waals surface area contributed by atoms with Gasteiger partial charge in [0.25, 0.3) is 0 Å². The summed E-state index contributed by atoms with van der Waals surface area (Å²) in [5.74, 6) is 0.840. The second kappa shape index (κ2) is 7.20. The number of aliphatic imine (C=N–C) groups is 1. The van der Waals surface area contributed by atoms with Gasteiger partial charge >= 0.3 is 0 Å². The van der Waals surface area contributed by atoms with Crippen LogP contribution in [0.2, 0.25) is 0 Å². The van der Waals surface area contributed by atoms with Crippen LogP contribution < -0.4 is 4.90 Å². The Morgan fingerprint density at radius 2 is 1.95 bits per heavy atom. The predicted molar refractivity (Wildman–Crippen MR) is 89.6 cm³/mol. The topological polar surface area (TPSA) is 28.5 Å². The molecule has 0 aliphatic rings. The molecule has 1 heterocycles. The van der Waals surface area contributed by atoms with E-state index in [0.29, 0.717) is 0 Å². The van der Waals surface area contributed by atoms with Gasteiger partial charge in [-0.2, -0.15) is 0 Å². The molecule has 0 bridgehead atoms. The molecule has 1 aromatic heterocycles. The molecule has 21 heavy (non-hydrogen) atoms. The number of hydrogen-bond acceptors (Lipinski definition) is 2.